The van der Waals surface area contributed by atoms with Gasteiger partial charge in [0.05, 0.1) is 0 Å². The molecule has 0 aromatic heterocycles. The fourth-order valence-corrected chi connectivity index (χ4v) is 1.02. The van der Waals surface area contributed by atoms with Crippen LogP contribution >= 0.6 is 0 Å². The van der Waals surface area contributed by atoms with E-state index in [4.69, 9.17) is 10.8 Å². The Bertz CT molecular complexity index is 340. The molecular weight excluding hydrogens is 226 g/mol. The van der Waals surface area contributed by atoms with E-state index in [0.717, 1.165) is 4.90 Å². The van der Waals surface area contributed by atoms with Crippen LogP contribution in [0.15, 0.2) is 0 Å². The molecule has 0 unspecified atom stereocenters. The van der Waals surface area contributed by atoms with Crippen LogP contribution in [0.1, 0.15) is 13.3 Å². The first-order chi connectivity index (χ1) is 7.97. The van der Waals surface area contributed by atoms with Crippen LogP contribution in [-0.2, 0) is 9.59 Å². The molecule has 0 rings (SSSR count). The van der Waals surface area contributed by atoms with Crippen molar-refractivity contribution in [2.75, 3.05) is 19.6 Å². The Kier molecular flexibility index (Phi) is 6.94. The third-order valence-electron chi connectivity index (χ3n) is 1.66. The number of carbonyl (C=O) groups is 3. The number of primary amides is 1. The summed E-state index contributed by atoms with van der Waals surface area (Å²) in [7, 11) is 0. The molecule has 0 spiro atoms. The van der Waals surface area contributed by atoms with Crippen LogP contribution in [0, 0.1) is 11.8 Å². The number of aliphatic carboxylic acids is 1. The summed E-state index contributed by atoms with van der Waals surface area (Å²) in [4.78, 5) is 33.4. The molecule has 0 fully saturated rings. The first-order valence-electron chi connectivity index (χ1n) is 4.89. The van der Waals surface area contributed by atoms with Crippen molar-refractivity contribution < 1.29 is 19.5 Å². The average molecular weight is 241 g/mol. The van der Waals surface area contributed by atoms with Crippen molar-refractivity contribution in [3.63, 3.8) is 0 Å². The van der Waals surface area contributed by atoms with Crippen molar-refractivity contribution in [2.24, 2.45) is 5.73 Å². The summed E-state index contributed by atoms with van der Waals surface area (Å²) in [5.74, 6) is 3.40. The molecule has 4 N–H and O–H groups in total. The second-order valence-corrected chi connectivity index (χ2v) is 3.12. The molecule has 0 aliphatic rings. The van der Waals surface area contributed by atoms with Crippen LogP contribution in [0.25, 0.3) is 0 Å². The number of hydrogen-bond acceptors (Lipinski definition) is 3. The number of carboxylic acid groups (broad SMARTS) is 1. The number of carboxylic acids is 1. The van der Waals surface area contributed by atoms with Crippen molar-refractivity contribution in [3.05, 3.63) is 0 Å². The van der Waals surface area contributed by atoms with E-state index in [1.807, 2.05) is 0 Å². The van der Waals surface area contributed by atoms with Gasteiger partial charge in [0, 0.05) is 13.0 Å². The molecule has 0 aliphatic heterocycles. The van der Waals surface area contributed by atoms with E-state index >= 15 is 0 Å². The van der Waals surface area contributed by atoms with Crippen LogP contribution in [0.4, 0.5) is 4.79 Å². The quantitative estimate of drug-likeness (QED) is 0.408. The number of hydrogen-bond donors (Lipinski definition) is 3. The number of carbonyl (C=O) groups excluding carboxylic acids is 2. The molecule has 0 bridgehead atoms. The van der Waals surface area contributed by atoms with Crippen molar-refractivity contribution in [1.82, 2.24) is 10.2 Å². The highest BCUT2D eigenvalue weighted by molar-refractivity contribution is 5.85. The summed E-state index contributed by atoms with van der Waals surface area (Å²) in [5, 5.41) is 11.0. The van der Waals surface area contributed by atoms with Gasteiger partial charge in [-0.2, -0.15) is 0 Å². The lowest BCUT2D eigenvalue weighted by Crippen LogP contribution is -2.46. The normalized spacial score (nSPS) is 8.76. The van der Waals surface area contributed by atoms with Crippen LogP contribution in [-0.4, -0.2) is 47.5 Å². The Morgan fingerprint density at radius 1 is 1.35 bits per heavy atom. The van der Waals surface area contributed by atoms with E-state index < -0.39 is 31.0 Å². The predicted molar refractivity (Wildman–Crippen MR) is 59.9 cm³/mol. The van der Waals surface area contributed by atoms with Gasteiger partial charge >= 0.3 is 12.0 Å². The Morgan fingerprint density at radius 2 is 2.00 bits per heavy atom. The Balaban J connectivity index is 4.24. The number of amides is 3. The maximum atomic E-state index is 11.5. The van der Waals surface area contributed by atoms with E-state index in [0.29, 0.717) is 6.42 Å². The summed E-state index contributed by atoms with van der Waals surface area (Å²) in [6.07, 6.45) is 0.458. The van der Waals surface area contributed by atoms with Gasteiger partial charge in [0.25, 0.3) is 0 Å². The maximum Gasteiger partial charge on any atom is 0.323 e. The molecule has 7 heteroatoms. The SMILES string of the molecule is CC#CCCNC(=O)N(CC(N)=O)CC(=O)O. The number of urea groups is 1. The van der Waals surface area contributed by atoms with Crippen molar-refractivity contribution in [2.45, 2.75) is 13.3 Å². The Hall–Kier alpha value is -2.23. The van der Waals surface area contributed by atoms with E-state index in [1.165, 1.54) is 0 Å². The van der Waals surface area contributed by atoms with Crippen molar-refractivity contribution >= 4 is 17.9 Å². The molecule has 0 heterocycles. The Morgan fingerprint density at radius 3 is 2.47 bits per heavy atom. The third-order valence-corrected chi connectivity index (χ3v) is 1.66. The first-order valence-corrected chi connectivity index (χ1v) is 4.89. The average Bonchev–Trinajstić information content (AvgIpc) is 2.22. The molecule has 0 saturated heterocycles. The Labute approximate surface area is 99.0 Å². The molecule has 94 valence electrons. The van der Waals surface area contributed by atoms with Crippen LogP contribution in [0.5, 0.6) is 0 Å². The molecule has 0 aliphatic carbocycles. The smallest absolute Gasteiger partial charge is 0.323 e. The van der Waals surface area contributed by atoms with Gasteiger partial charge < -0.3 is 21.1 Å². The maximum absolute atomic E-state index is 11.5. The van der Waals surface area contributed by atoms with E-state index in [1.54, 1.807) is 6.92 Å². The zero-order valence-corrected chi connectivity index (χ0v) is 9.52. The minimum absolute atomic E-state index is 0.286. The summed E-state index contributed by atoms with van der Waals surface area (Å²) in [6.45, 7) is 0.950. The topological polar surface area (TPSA) is 113 Å². The van der Waals surface area contributed by atoms with E-state index in [-0.39, 0.29) is 6.54 Å². The van der Waals surface area contributed by atoms with Crippen LogP contribution < -0.4 is 11.1 Å². The molecule has 0 saturated carbocycles. The van der Waals surface area contributed by atoms with E-state index in [9.17, 15) is 14.4 Å². The number of nitrogens with one attached hydrogen (secondary N) is 1. The molecule has 0 atom stereocenters. The van der Waals surface area contributed by atoms with Crippen molar-refractivity contribution in [3.8, 4) is 11.8 Å². The van der Waals surface area contributed by atoms with Crippen LogP contribution in [0.2, 0.25) is 0 Å². The fraction of sp³-hybridized carbons (Fsp3) is 0.500. The molecule has 0 radical (unpaired) electrons. The highest BCUT2D eigenvalue weighted by atomic mass is 16.4. The zero-order valence-electron chi connectivity index (χ0n) is 9.52. The highest BCUT2D eigenvalue weighted by Crippen LogP contribution is 1.89. The molecule has 7 nitrogen and oxygen atoms in total. The molecule has 0 aromatic rings. The summed E-state index contributed by atoms with van der Waals surface area (Å²) >= 11 is 0. The minimum atomic E-state index is -1.21. The molecular formula is C10H15N3O4. The van der Waals surface area contributed by atoms with Gasteiger partial charge in [0.15, 0.2) is 0 Å². The lowest BCUT2D eigenvalue weighted by molar-refractivity contribution is -0.137. The van der Waals surface area contributed by atoms with Crippen molar-refractivity contribution in [1.29, 1.82) is 0 Å². The fourth-order valence-electron chi connectivity index (χ4n) is 1.02. The second-order valence-electron chi connectivity index (χ2n) is 3.12. The lowest BCUT2D eigenvalue weighted by atomic mass is 10.4. The van der Waals surface area contributed by atoms with Gasteiger partial charge in [0.1, 0.15) is 13.1 Å². The summed E-state index contributed by atoms with van der Waals surface area (Å²) in [6, 6.07) is -0.649. The van der Waals surface area contributed by atoms with Crippen LogP contribution in [0.3, 0.4) is 0 Å². The molecule has 0 aromatic carbocycles. The first kappa shape index (κ1) is 14.8. The van der Waals surface area contributed by atoms with Gasteiger partial charge in [0.2, 0.25) is 5.91 Å². The van der Waals surface area contributed by atoms with Gasteiger partial charge in [-0.1, -0.05) is 0 Å². The predicted octanol–water partition coefficient (Wildman–Crippen LogP) is -1.02. The van der Waals surface area contributed by atoms with Gasteiger partial charge in [-0.25, -0.2) is 4.79 Å². The lowest BCUT2D eigenvalue weighted by Gasteiger charge is -2.19. The molecule has 17 heavy (non-hydrogen) atoms. The van der Waals surface area contributed by atoms with Gasteiger partial charge in [-0.3, -0.25) is 9.59 Å². The third kappa shape index (κ3) is 7.67. The minimum Gasteiger partial charge on any atom is -0.480 e. The highest BCUT2D eigenvalue weighted by Gasteiger charge is 2.17. The zero-order chi connectivity index (χ0) is 13.3. The standard InChI is InChI=1S/C10H15N3O4/c1-2-3-4-5-12-10(17)13(6-8(11)14)7-9(15)16/h4-7H2,1H3,(H2,11,14)(H,12,17)(H,15,16). The largest absolute Gasteiger partial charge is 0.480 e. The summed E-state index contributed by atoms with van der Waals surface area (Å²) < 4.78 is 0. The number of nitrogens with zero attached hydrogens (tertiary/aromatic N) is 1. The summed E-state index contributed by atoms with van der Waals surface area (Å²) in [5.41, 5.74) is 4.91. The number of rotatable bonds is 6. The molecule has 3 amide bonds. The number of nitrogens with two attached hydrogens (primary N) is 1. The van der Waals surface area contributed by atoms with Gasteiger partial charge in [-0.05, 0) is 6.92 Å². The van der Waals surface area contributed by atoms with E-state index in [2.05, 4.69) is 17.2 Å². The monoisotopic (exact) mass is 241 g/mol. The second kappa shape index (κ2) is 7.98. The van der Waals surface area contributed by atoms with Gasteiger partial charge in [-0.15, -0.1) is 11.8 Å².